The van der Waals surface area contributed by atoms with Gasteiger partial charge in [-0.25, -0.2) is 0 Å². The van der Waals surface area contributed by atoms with Crippen LogP contribution in [0, 0.1) is 0 Å². The van der Waals surface area contributed by atoms with E-state index in [0.29, 0.717) is 13.1 Å². The molecule has 0 aliphatic carbocycles. The summed E-state index contributed by atoms with van der Waals surface area (Å²) in [5, 5.41) is 0. The van der Waals surface area contributed by atoms with Crippen LogP contribution in [0.4, 0.5) is 0 Å². The highest BCUT2D eigenvalue weighted by molar-refractivity contribution is 5.96. The molecule has 5 nitrogen and oxygen atoms in total. The van der Waals surface area contributed by atoms with E-state index in [-0.39, 0.29) is 30.7 Å². The zero-order valence-corrected chi connectivity index (χ0v) is 13.0. The lowest BCUT2D eigenvalue weighted by molar-refractivity contribution is -0.140. The number of amides is 1. The highest BCUT2D eigenvalue weighted by atomic mass is 16.5. The van der Waals surface area contributed by atoms with Crippen molar-refractivity contribution in [3.8, 4) is 0 Å². The number of hydrogen-bond donors (Lipinski definition) is 0. The van der Waals surface area contributed by atoms with E-state index in [2.05, 4.69) is 0 Å². The summed E-state index contributed by atoms with van der Waals surface area (Å²) in [7, 11) is 0. The zero-order chi connectivity index (χ0) is 16.4. The van der Waals surface area contributed by atoms with Gasteiger partial charge in [0.25, 0.3) is 0 Å². The summed E-state index contributed by atoms with van der Waals surface area (Å²) in [4.78, 5) is 35.5. The normalized spacial score (nSPS) is 10.5. The Morgan fingerprint density at radius 3 is 2.36 bits per heavy atom. The summed E-state index contributed by atoms with van der Waals surface area (Å²) >= 11 is 0. The minimum Gasteiger partial charge on any atom is -0.462 e. The first-order chi connectivity index (χ1) is 10.5. The minimum absolute atomic E-state index is 0.107. The Bertz CT molecular complexity index is 537. The molecule has 0 spiro atoms. The fourth-order valence-electron chi connectivity index (χ4n) is 1.82. The molecule has 0 N–H and O–H groups in total. The van der Waals surface area contributed by atoms with Crippen LogP contribution in [-0.2, 0) is 25.7 Å². The van der Waals surface area contributed by atoms with Crippen LogP contribution in [0.2, 0.25) is 0 Å². The van der Waals surface area contributed by atoms with Crippen molar-refractivity contribution in [1.29, 1.82) is 0 Å². The standard InChI is InChI=1S/C17H21NO4/c1-14(19)12-17(21)18(10-6-7-11-22-15(2)20)13-16-8-4-3-5-9-16/h3-9H,10-13H2,1-2H3/b7-6+. The van der Waals surface area contributed by atoms with E-state index in [4.69, 9.17) is 4.74 Å². The van der Waals surface area contributed by atoms with Crippen LogP contribution >= 0.6 is 0 Å². The van der Waals surface area contributed by atoms with Gasteiger partial charge >= 0.3 is 5.97 Å². The Hall–Kier alpha value is -2.43. The molecule has 118 valence electrons. The summed E-state index contributed by atoms with van der Waals surface area (Å²) in [6, 6.07) is 9.57. The van der Waals surface area contributed by atoms with Crippen molar-refractivity contribution in [1.82, 2.24) is 4.90 Å². The maximum absolute atomic E-state index is 12.1. The maximum atomic E-state index is 12.1. The second-order valence-electron chi connectivity index (χ2n) is 4.91. The average Bonchev–Trinajstić information content (AvgIpc) is 2.45. The van der Waals surface area contributed by atoms with E-state index < -0.39 is 0 Å². The smallest absolute Gasteiger partial charge is 0.302 e. The topological polar surface area (TPSA) is 63.7 Å². The number of rotatable bonds is 8. The Morgan fingerprint density at radius 2 is 1.77 bits per heavy atom. The fraction of sp³-hybridized carbons (Fsp3) is 0.353. The predicted molar refractivity (Wildman–Crippen MR) is 82.9 cm³/mol. The third-order valence-corrected chi connectivity index (χ3v) is 2.84. The van der Waals surface area contributed by atoms with Crippen LogP contribution < -0.4 is 0 Å². The summed E-state index contributed by atoms with van der Waals surface area (Å²) in [5.41, 5.74) is 0.993. The van der Waals surface area contributed by atoms with Crippen LogP contribution in [0.3, 0.4) is 0 Å². The molecule has 0 saturated carbocycles. The third kappa shape index (κ3) is 7.38. The number of nitrogens with zero attached hydrogens (tertiary/aromatic N) is 1. The molecule has 0 heterocycles. The Balaban J connectivity index is 2.63. The Kier molecular flexibility index (Phi) is 7.61. The SMILES string of the molecule is CC(=O)CC(=O)N(C/C=C/COC(C)=O)Cc1ccccc1. The molecule has 1 amide bonds. The number of esters is 1. The summed E-state index contributed by atoms with van der Waals surface area (Å²) < 4.78 is 4.78. The quantitative estimate of drug-likeness (QED) is 0.419. The van der Waals surface area contributed by atoms with Gasteiger partial charge < -0.3 is 9.64 Å². The molecule has 22 heavy (non-hydrogen) atoms. The van der Waals surface area contributed by atoms with Crippen molar-refractivity contribution in [2.45, 2.75) is 26.8 Å². The number of benzene rings is 1. The van der Waals surface area contributed by atoms with Crippen LogP contribution in [0.1, 0.15) is 25.8 Å². The van der Waals surface area contributed by atoms with E-state index in [1.807, 2.05) is 30.3 Å². The molecule has 0 saturated heterocycles. The van der Waals surface area contributed by atoms with E-state index in [0.717, 1.165) is 5.56 Å². The molecule has 0 atom stereocenters. The van der Waals surface area contributed by atoms with Gasteiger partial charge in [-0.05, 0) is 18.6 Å². The minimum atomic E-state index is -0.349. The number of ketones is 1. The van der Waals surface area contributed by atoms with Crippen LogP contribution in [-0.4, -0.2) is 35.7 Å². The first kappa shape index (κ1) is 17.6. The van der Waals surface area contributed by atoms with Crippen LogP contribution in [0.25, 0.3) is 0 Å². The van der Waals surface area contributed by atoms with Gasteiger partial charge in [-0.3, -0.25) is 14.4 Å². The van der Waals surface area contributed by atoms with Crippen molar-refractivity contribution in [3.05, 3.63) is 48.0 Å². The second kappa shape index (κ2) is 9.50. The summed E-state index contributed by atoms with van der Waals surface area (Å²) in [6.07, 6.45) is 3.33. The van der Waals surface area contributed by atoms with Crippen molar-refractivity contribution < 1.29 is 19.1 Å². The van der Waals surface area contributed by atoms with Gasteiger partial charge in [0.1, 0.15) is 12.4 Å². The molecule has 0 aliphatic heterocycles. The van der Waals surface area contributed by atoms with Gasteiger partial charge in [0.15, 0.2) is 0 Å². The van der Waals surface area contributed by atoms with Gasteiger partial charge in [0.05, 0.1) is 6.42 Å². The highest BCUT2D eigenvalue weighted by Gasteiger charge is 2.14. The lowest BCUT2D eigenvalue weighted by atomic mass is 10.2. The number of ether oxygens (including phenoxy) is 1. The molecule has 0 fully saturated rings. The van der Waals surface area contributed by atoms with E-state index >= 15 is 0 Å². The number of carbonyl (C=O) groups excluding carboxylic acids is 3. The maximum Gasteiger partial charge on any atom is 0.302 e. The zero-order valence-electron chi connectivity index (χ0n) is 13.0. The number of Topliss-reactive ketones (excluding diaryl/α,β-unsaturated/α-hetero) is 1. The lowest BCUT2D eigenvalue weighted by Crippen LogP contribution is -2.31. The molecular weight excluding hydrogens is 282 g/mol. The molecule has 1 aromatic carbocycles. The summed E-state index contributed by atoms with van der Waals surface area (Å²) in [6.45, 7) is 3.71. The Labute approximate surface area is 130 Å². The van der Waals surface area contributed by atoms with Gasteiger partial charge in [-0.2, -0.15) is 0 Å². The third-order valence-electron chi connectivity index (χ3n) is 2.84. The fourth-order valence-corrected chi connectivity index (χ4v) is 1.82. The lowest BCUT2D eigenvalue weighted by Gasteiger charge is -2.21. The van der Waals surface area contributed by atoms with Crippen molar-refractivity contribution in [2.75, 3.05) is 13.2 Å². The van der Waals surface area contributed by atoms with Crippen LogP contribution in [0.15, 0.2) is 42.5 Å². The number of hydrogen-bond acceptors (Lipinski definition) is 4. The molecule has 0 unspecified atom stereocenters. The molecule has 1 aromatic rings. The molecule has 0 bridgehead atoms. The highest BCUT2D eigenvalue weighted by Crippen LogP contribution is 2.06. The molecule has 1 rings (SSSR count). The summed E-state index contributed by atoms with van der Waals surface area (Å²) in [5.74, 6) is -0.723. The molecule has 0 aliphatic rings. The second-order valence-corrected chi connectivity index (χ2v) is 4.91. The number of carbonyl (C=O) groups is 3. The van der Waals surface area contributed by atoms with Crippen molar-refractivity contribution in [2.24, 2.45) is 0 Å². The molecular formula is C17H21NO4. The van der Waals surface area contributed by atoms with Gasteiger partial charge in [0, 0.05) is 20.0 Å². The van der Waals surface area contributed by atoms with Crippen LogP contribution in [0.5, 0.6) is 0 Å². The van der Waals surface area contributed by atoms with E-state index in [9.17, 15) is 14.4 Å². The Morgan fingerprint density at radius 1 is 1.09 bits per heavy atom. The monoisotopic (exact) mass is 303 g/mol. The first-order valence-electron chi connectivity index (χ1n) is 7.08. The van der Waals surface area contributed by atoms with Crippen molar-refractivity contribution >= 4 is 17.7 Å². The van der Waals surface area contributed by atoms with Gasteiger partial charge in [0.2, 0.25) is 5.91 Å². The van der Waals surface area contributed by atoms with Gasteiger partial charge in [-0.1, -0.05) is 36.4 Å². The molecule has 0 aromatic heterocycles. The van der Waals surface area contributed by atoms with E-state index in [1.165, 1.54) is 13.8 Å². The van der Waals surface area contributed by atoms with E-state index in [1.54, 1.807) is 17.1 Å². The molecule has 5 heteroatoms. The predicted octanol–water partition coefficient (Wildman–Crippen LogP) is 2.11. The largest absolute Gasteiger partial charge is 0.462 e. The average molecular weight is 303 g/mol. The molecule has 0 radical (unpaired) electrons. The first-order valence-corrected chi connectivity index (χ1v) is 7.08. The van der Waals surface area contributed by atoms with Gasteiger partial charge in [-0.15, -0.1) is 0 Å². The van der Waals surface area contributed by atoms with Crippen molar-refractivity contribution in [3.63, 3.8) is 0 Å².